The summed E-state index contributed by atoms with van der Waals surface area (Å²) in [6.07, 6.45) is 11.3. The van der Waals surface area contributed by atoms with Gasteiger partial charge in [0.15, 0.2) is 5.96 Å². The Bertz CT molecular complexity index is 700. The molecule has 2 aromatic rings. The maximum Gasteiger partial charge on any atom is 0.191 e. The molecule has 27 heavy (non-hydrogen) atoms. The molecule has 2 heterocycles. The van der Waals surface area contributed by atoms with Gasteiger partial charge in [-0.3, -0.25) is 4.99 Å². The van der Waals surface area contributed by atoms with Gasteiger partial charge in [0.25, 0.3) is 0 Å². The second kappa shape index (κ2) is 9.74. The number of fused-ring (bicyclic) bond motifs is 1. The standard InChI is InChI=1S/C21H33N5O/c1-3-22-20(24-17-21(12-15-27-2)10-5-6-11-21)23-13-9-18-16-26-14-7-4-8-19(26)25-18/h4,7-8,14,16H,3,5-6,9-13,15,17H2,1-2H3,(H2,22,23,24). The van der Waals surface area contributed by atoms with Gasteiger partial charge < -0.3 is 19.8 Å². The predicted molar refractivity (Wildman–Crippen MR) is 110 cm³/mol. The molecule has 148 valence electrons. The van der Waals surface area contributed by atoms with E-state index in [1.54, 1.807) is 7.11 Å². The summed E-state index contributed by atoms with van der Waals surface area (Å²) in [6, 6.07) is 6.07. The van der Waals surface area contributed by atoms with Crippen LogP contribution in [0.5, 0.6) is 0 Å². The van der Waals surface area contributed by atoms with Crippen LogP contribution in [0.25, 0.3) is 5.65 Å². The van der Waals surface area contributed by atoms with Crippen LogP contribution >= 0.6 is 0 Å². The summed E-state index contributed by atoms with van der Waals surface area (Å²) in [5.41, 5.74) is 2.41. The summed E-state index contributed by atoms with van der Waals surface area (Å²) < 4.78 is 7.40. The van der Waals surface area contributed by atoms with E-state index in [4.69, 9.17) is 9.73 Å². The Hall–Kier alpha value is -2.08. The van der Waals surface area contributed by atoms with Crippen LogP contribution in [0, 0.1) is 5.41 Å². The number of aliphatic imine (C=N–C) groups is 1. The molecule has 0 bridgehead atoms. The van der Waals surface area contributed by atoms with Crippen molar-refractivity contribution in [2.24, 2.45) is 10.4 Å². The summed E-state index contributed by atoms with van der Waals surface area (Å²) in [5.74, 6) is 0.907. The van der Waals surface area contributed by atoms with Crippen LogP contribution in [0.4, 0.5) is 0 Å². The van der Waals surface area contributed by atoms with Crippen molar-refractivity contribution in [1.29, 1.82) is 0 Å². The predicted octanol–water partition coefficient (Wildman–Crippen LogP) is 3.03. The van der Waals surface area contributed by atoms with Crippen molar-refractivity contribution < 1.29 is 4.74 Å². The maximum absolute atomic E-state index is 5.33. The molecular weight excluding hydrogens is 338 g/mol. The molecule has 6 nitrogen and oxygen atoms in total. The Morgan fingerprint density at radius 2 is 2.15 bits per heavy atom. The normalized spacial score (nSPS) is 16.7. The molecule has 0 radical (unpaired) electrons. The molecule has 0 amide bonds. The Labute approximate surface area is 162 Å². The highest BCUT2D eigenvalue weighted by Gasteiger charge is 2.33. The number of hydrogen-bond acceptors (Lipinski definition) is 3. The van der Waals surface area contributed by atoms with Crippen molar-refractivity contribution in [3.05, 3.63) is 36.3 Å². The molecule has 1 fully saturated rings. The Balaban J connectivity index is 1.55. The van der Waals surface area contributed by atoms with Gasteiger partial charge in [-0.1, -0.05) is 18.9 Å². The third-order valence-corrected chi connectivity index (χ3v) is 5.50. The quantitative estimate of drug-likeness (QED) is 0.525. The molecule has 0 saturated heterocycles. The van der Waals surface area contributed by atoms with Gasteiger partial charge in [0.05, 0.1) is 5.69 Å². The number of hydrogen-bond donors (Lipinski definition) is 2. The first kappa shape index (κ1) is 19.7. The molecule has 6 heteroatoms. The average Bonchev–Trinajstić information content (AvgIpc) is 3.31. The zero-order valence-electron chi connectivity index (χ0n) is 16.7. The minimum absolute atomic E-state index is 0.319. The summed E-state index contributed by atoms with van der Waals surface area (Å²) >= 11 is 0. The van der Waals surface area contributed by atoms with Crippen LogP contribution in [0.3, 0.4) is 0 Å². The van der Waals surface area contributed by atoms with E-state index in [0.29, 0.717) is 5.41 Å². The van der Waals surface area contributed by atoms with Gasteiger partial charge in [0.1, 0.15) is 5.65 Å². The molecule has 1 saturated carbocycles. The molecule has 1 aliphatic rings. The Morgan fingerprint density at radius 3 is 2.89 bits per heavy atom. The van der Waals surface area contributed by atoms with E-state index >= 15 is 0 Å². The highest BCUT2D eigenvalue weighted by atomic mass is 16.5. The second-order valence-electron chi connectivity index (χ2n) is 7.52. The summed E-state index contributed by atoms with van der Waals surface area (Å²) in [4.78, 5) is 9.57. The van der Waals surface area contributed by atoms with Gasteiger partial charge in [-0.25, -0.2) is 4.98 Å². The van der Waals surface area contributed by atoms with Crippen LogP contribution in [-0.4, -0.2) is 48.7 Å². The van der Waals surface area contributed by atoms with Gasteiger partial charge in [0, 0.05) is 52.2 Å². The second-order valence-corrected chi connectivity index (χ2v) is 7.52. The number of pyridine rings is 1. The number of rotatable bonds is 9. The van der Waals surface area contributed by atoms with Crippen molar-refractivity contribution in [1.82, 2.24) is 20.0 Å². The lowest BCUT2D eigenvalue weighted by molar-refractivity contribution is 0.141. The smallest absolute Gasteiger partial charge is 0.191 e. The first-order chi connectivity index (χ1) is 13.2. The first-order valence-electron chi connectivity index (χ1n) is 10.2. The molecule has 0 aliphatic heterocycles. The Kier molecular flexibility index (Phi) is 7.10. The first-order valence-corrected chi connectivity index (χ1v) is 10.2. The van der Waals surface area contributed by atoms with Crippen LogP contribution in [-0.2, 0) is 11.2 Å². The van der Waals surface area contributed by atoms with Crippen LogP contribution in [0.2, 0.25) is 0 Å². The van der Waals surface area contributed by atoms with E-state index in [2.05, 4.69) is 33.1 Å². The minimum atomic E-state index is 0.319. The largest absolute Gasteiger partial charge is 0.385 e. The fourth-order valence-corrected chi connectivity index (χ4v) is 3.94. The van der Waals surface area contributed by atoms with Gasteiger partial charge in [-0.2, -0.15) is 0 Å². The highest BCUT2D eigenvalue weighted by molar-refractivity contribution is 5.79. The maximum atomic E-state index is 5.33. The van der Waals surface area contributed by atoms with Crippen molar-refractivity contribution in [3.63, 3.8) is 0 Å². The van der Waals surface area contributed by atoms with Gasteiger partial charge in [-0.05, 0) is 43.7 Å². The number of aromatic nitrogens is 2. The minimum Gasteiger partial charge on any atom is -0.385 e. The lowest BCUT2D eigenvalue weighted by Crippen LogP contribution is -2.39. The summed E-state index contributed by atoms with van der Waals surface area (Å²) in [5, 5.41) is 6.84. The fourth-order valence-electron chi connectivity index (χ4n) is 3.94. The molecule has 0 aromatic carbocycles. The number of guanidine groups is 1. The van der Waals surface area contributed by atoms with E-state index in [1.807, 2.05) is 24.4 Å². The monoisotopic (exact) mass is 371 g/mol. The molecule has 2 N–H and O–H groups in total. The van der Waals surface area contributed by atoms with Crippen molar-refractivity contribution in [2.75, 3.05) is 33.4 Å². The van der Waals surface area contributed by atoms with E-state index in [-0.39, 0.29) is 0 Å². The highest BCUT2D eigenvalue weighted by Crippen LogP contribution is 2.41. The fraction of sp³-hybridized carbons (Fsp3) is 0.619. The molecule has 2 aromatic heterocycles. The number of ether oxygens (including phenoxy) is 1. The van der Waals surface area contributed by atoms with Gasteiger partial charge in [0.2, 0.25) is 0 Å². The van der Waals surface area contributed by atoms with Gasteiger partial charge in [-0.15, -0.1) is 0 Å². The van der Waals surface area contributed by atoms with E-state index < -0.39 is 0 Å². The van der Waals surface area contributed by atoms with Crippen molar-refractivity contribution in [2.45, 2.75) is 45.4 Å². The third kappa shape index (κ3) is 5.45. The van der Waals surface area contributed by atoms with Crippen LogP contribution in [0.15, 0.2) is 35.6 Å². The zero-order chi connectivity index (χ0) is 19.0. The lowest BCUT2D eigenvalue weighted by Gasteiger charge is -2.27. The van der Waals surface area contributed by atoms with E-state index in [0.717, 1.165) is 56.4 Å². The van der Waals surface area contributed by atoms with Crippen molar-refractivity contribution in [3.8, 4) is 0 Å². The number of imidazole rings is 1. The number of nitrogens with one attached hydrogen (secondary N) is 2. The lowest BCUT2D eigenvalue weighted by atomic mass is 9.83. The third-order valence-electron chi connectivity index (χ3n) is 5.50. The number of methoxy groups -OCH3 is 1. The van der Waals surface area contributed by atoms with Crippen LogP contribution < -0.4 is 10.6 Å². The molecule has 3 rings (SSSR count). The van der Waals surface area contributed by atoms with Crippen LogP contribution in [0.1, 0.15) is 44.7 Å². The average molecular weight is 372 g/mol. The zero-order valence-corrected chi connectivity index (χ0v) is 16.7. The van der Waals surface area contributed by atoms with Gasteiger partial charge >= 0.3 is 0 Å². The number of nitrogens with zero attached hydrogens (tertiary/aromatic N) is 3. The van der Waals surface area contributed by atoms with E-state index in [1.165, 1.54) is 25.7 Å². The summed E-state index contributed by atoms with van der Waals surface area (Å²) in [7, 11) is 1.79. The molecule has 0 unspecified atom stereocenters. The van der Waals surface area contributed by atoms with E-state index in [9.17, 15) is 0 Å². The molecule has 0 spiro atoms. The SMILES string of the molecule is CCNC(=NCC1(CCOC)CCCC1)NCCc1cn2ccccc2n1. The molecule has 0 atom stereocenters. The summed E-state index contributed by atoms with van der Waals surface area (Å²) in [6.45, 7) is 5.50. The molecule has 1 aliphatic carbocycles. The topological polar surface area (TPSA) is 63.0 Å². The Morgan fingerprint density at radius 1 is 1.30 bits per heavy atom. The molecular formula is C21H33N5O. The van der Waals surface area contributed by atoms with Crippen molar-refractivity contribution >= 4 is 11.6 Å².